The van der Waals surface area contributed by atoms with Gasteiger partial charge in [0.05, 0.1) is 17.9 Å². The molecule has 0 saturated carbocycles. The van der Waals surface area contributed by atoms with Gasteiger partial charge in [-0.1, -0.05) is 42.5 Å². The van der Waals surface area contributed by atoms with Crippen molar-refractivity contribution in [1.29, 1.82) is 0 Å². The van der Waals surface area contributed by atoms with Crippen molar-refractivity contribution in [3.8, 4) is 16.9 Å². The summed E-state index contributed by atoms with van der Waals surface area (Å²) in [5.74, 6) is -0.157. The molecule has 1 aromatic heterocycles. The predicted octanol–water partition coefficient (Wildman–Crippen LogP) is 3.61. The highest BCUT2D eigenvalue weighted by Crippen LogP contribution is 2.26. The van der Waals surface area contributed by atoms with Crippen LogP contribution in [0.3, 0.4) is 0 Å². The van der Waals surface area contributed by atoms with Gasteiger partial charge in [0.15, 0.2) is 0 Å². The van der Waals surface area contributed by atoms with Crippen LogP contribution in [0.25, 0.3) is 16.9 Å². The highest BCUT2D eigenvalue weighted by Gasteiger charge is 2.20. The normalized spacial score (nSPS) is 12.0. The molecule has 1 N–H and O–H groups in total. The lowest BCUT2D eigenvalue weighted by atomic mass is 10.0. The first-order valence-electron chi connectivity index (χ1n) is 8.61. The number of hydrogen-bond donors (Lipinski definition) is 1. The summed E-state index contributed by atoms with van der Waals surface area (Å²) in [5.41, 5.74) is 4.16. The van der Waals surface area contributed by atoms with Gasteiger partial charge in [0.2, 0.25) is 0 Å². The van der Waals surface area contributed by atoms with Crippen molar-refractivity contribution in [3.63, 3.8) is 0 Å². The number of aromatic nitrogens is 2. The van der Waals surface area contributed by atoms with Crippen molar-refractivity contribution in [1.82, 2.24) is 15.1 Å². The van der Waals surface area contributed by atoms with Crippen LogP contribution in [0.15, 0.2) is 60.8 Å². The summed E-state index contributed by atoms with van der Waals surface area (Å²) in [5, 5.41) is 7.68. The van der Waals surface area contributed by atoms with Crippen molar-refractivity contribution in [2.45, 2.75) is 19.9 Å². The molecule has 0 bridgehead atoms. The summed E-state index contributed by atoms with van der Waals surface area (Å²) in [6.07, 6.45) is 1.78. The summed E-state index contributed by atoms with van der Waals surface area (Å²) >= 11 is 0. The minimum atomic E-state index is -0.157. The Labute approximate surface area is 153 Å². The molecule has 1 atom stereocenters. The number of benzene rings is 2. The molecule has 5 heteroatoms. The van der Waals surface area contributed by atoms with Crippen molar-refractivity contribution in [2.75, 3.05) is 13.7 Å². The number of aryl methyl sites for hydroxylation is 1. The number of amides is 1. The predicted molar refractivity (Wildman–Crippen MR) is 103 cm³/mol. The molecule has 0 saturated heterocycles. The number of carbonyl (C=O) groups excluding carboxylic acids is 1. The van der Waals surface area contributed by atoms with Crippen LogP contribution >= 0.6 is 0 Å². The van der Waals surface area contributed by atoms with Gasteiger partial charge in [0.1, 0.15) is 5.69 Å². The molecule has 1 unspecified atom stereocenters. The van der Waals surface area contributed by atoms with Gasteiger partial charge in [0.25, 0.3) is 5.91 Å². The number of para-hydroxylation sites is 1. The second kappa shape index (κ2) is 7.97. The van der Waals surface area contributed by atoms with E-state index in [1.807, 2.05) is 68.4 Å². The zero-order valence-corrected chi connectivity index (χ0v) is 15.3. The highest BCUT2D eigenvalue weighted by atomic mass is 16.5. The lowest BCUT2D eigenvalue weighted by Gasteiger charge is -2.12. The maximum Gasteiger partial charge on any atom is 0.255 e. The fraction of sp³-hybridized carbons (Fsp3) is 0.238. The van der Waals surface area contributed by atoms with Gasteiger partial charge >= 0.3 is 0 Å². The van der Waals surface area contributed by atoms with E-state index in [9.17, 15) is 4.79 Å². The zero-order valence-electron chi connectivity index (χ0n) is 15.3. The molecule has 0 aliphatic heterocycles. The van der Waals surface area contributed by atoms with Gasteiger partial charge < -0.3 is 10.1 Å². The summed E-state index contributed by atoms with van der Waals surface area (Å²) in [7, 11) is 1.62. The third-order valence-electron chi connectivity index (χ3n) is 4.17. The Morgan fingerprint density at radius 3 is 2.54 bits per heavy atom. The number of nitrogens with one attached hydrogen (secondary N) is 1. The summed E-state index contributed by atoms with van der Waals surface area (Å²) in [4.78, 5) is 12.9. The molecule has 3 aromatic rings. The van der Waals surface area contributed by atoms with Crippen LogP contribution in [-0.2, 0) is 4.74 Å². The van der Waals surface area contributed by atoms with Crippen LogP contribution < -0.4 is 5.32 Å². The lowest BCUT2D eigenvalue weighted by Crippen LogP contribution is -2.35. The lowest BCUT2D eigenvalue weighted by molar-refractivity contribution is 0.0906. The third-order valence-corrected chi connectivity index (χ3v) is 4.17. The van der Waals surface area contributed by atoms with Crippen LogP contribution in [0.4, 0.5) is 0 Å². The number of rotatable bonds is 6. The number of ether oxygens (including phenoxy) is 1. The number of nitrogens with zero attached hydrogens (tertiary/aromatic N) is 2. The first-order chi connectivity index (χ1) is 12.6. The Morgan fingerprint density at radius 1 is 1.15 bits per heavy atom. The van der Waals surface area contributed by atoms with Crippen molar-refractivity contribution in [2.24, 2.45) is 0 Å². The van der Waals surface area contributed by atoms with E-state index in [1.54, 1.807) is 18.0 Å². The van der Waals surface area contributed by atoms with E-state index in [4.69, 9.17) is 9.84 Å². The fourth-order valence-corrected chi connectivity index (χ4v) is 2.88. The SMILES string of the molecule is COCC(C)NC(=O)c1cn(-c2ccccc2)nc1-c1ccccc1C. The van der Waals surface area contributed by atoms with Gasteiger partial charge in [-0.3, -0.25) is 4.79 Å². The summed E-state index contributed by atoms with van der Waals surface area (Å²) < 4.78 is 6.86. The van der Waals surface area contributed by atoms with Crippen LogP contribution in [0.5, 0.6) is 0 Å². The second-order valence-electron chi connectivity index (χ2n) is 6.32. The molecule has 1 amide bonds. The molecule has 0 fully saturated rings. The van der Waals surface area contributed by atoms with Crippen molar-refractivity contribution in [3.05, 3.63) is 71.9 Å². The van der Waals surface area contributed by atoms with Gasteiger partial charge in [-0.05, 0) is 31.5 Å². The van der Waals surface area contributed by atoms with Crippen LogP contribution in [0.1, 0.15) is 22.8 Å². The van der Waals surface area contributed by atoms with E-state index in [1.165, 1.54) is 0 Å². The highest BCUT2D eigenvalue weighted by molar-refractivity contribution is 6.00. The first kappa shape index (κ1) is 17.9. The third kappa shape index (κ3) is 3.83. The Kier molecular flexibility index (Phi) is 5.49. The molecule has 5 nitrogen and oxygen atoms in total. The van der Waals surface area contributed by atoms with E-state index in [-0.39, 0.29) is 11.9 Å². The molecule has 134 valence electrons. The molecule has 3 rings (SSSR count). The van der Waals surface area contributed by atoms with Gasteiger partial charge in [-0.25, -0.2) is 4.68 Å². The smallest absolute Gasteiger partial charge is 0.255 e. The van der Waals surface area contributed by atoms with E-state index in [2.05, 4.69) is 5.32 Å². The average molecular weight is 349 g/mol. The Morgan fingerprint density at radius 2 is 1.85 bits per heavy atom. The molecule has 0 aliphatic rings. The van der Waals surface area contributed by atoms with Gasteiger partial charge in [0, 0.05) is 24.9 Å². The summed E-state index contributed by atoms with van der Waals surface area (Å²) in [6.45, 7) is 4.39. The van der Waals surface area contributed by atoms with Gasteiger partial charge in [-0.15, -0.1) is 0 Å². The maximum absolute atomic E-state index is 12.9. The molecule has 0 radical (unpaired) electrons. The maximum atomic E-state index is 12.9. The quantitative estimate of drug-likeness (QED) is 0.739. The van der Waals surface area contributed by atoms with Crippen LogP contribution in [-0.4, -0.2) is 35.4 Å². The van der Waals surface area contributed by atoms with Crippen molar-refractivity contribution >= 4 is 5.91 Å². The second-order valence-corrected chi connectivity index (χ2v) is 6.32. The van der Waals surface area contributed by atoms with E-state index in [0.29, 0.717) is 17.9 Å². The fourth-order valence-electron chi connectivity index (χ4n) is 2.88. The van der Waals surface area contributed by atoms with Crippen molar-refractivity contribution < 1.29 is 9.53 Å². The van der Waals surface area contributed by atoms with Crippen LogP contribution in [0, 0.1) is 6.92 Å². The molecule has 1 heterocycles. The topological polar surface area (TPSA) is 56.1 Å². The molecule has 0 spiro atoms. The number of carbonyl (C=O) groups is 1. The van der Waals surface area contributed by atoms with Gasteiger partial charge in [-0.2, -0.15) is 5.10 Å². The van der Waals surface area contributed by atoms with E-state index < -0.39 is 0 Å². The standard InChI is InChI=1S/C21H23N3O2/c1-15-9-7-8-12-18(15)20-19(21(25)22-16(2)14-26-3)13-24(23-20)17-10-5-4-6-11-17/h4-13,16H,14H2,1-3H3,(H,22,25). The molecular formula is C21H23N3O2. The van der Waals surface area contributed by atoms with E-state index in [0.717, 1.165) is 16.8 Å². The Hall–Kier alpha value is -2.92. The van der Waals surface area contributed by atoms with Crippen LogP contribution in [0.2, 0.25) is 0 Å². The molecule has 26 heavy (non-hydrogen) atoms. The molecule has 0 aliphatic carbocycles. The number of hydrogen-bond acceptors (Lipinski definition) is 3. The minimum absolute atomic E-state index is 0.0858. The largest absolute Gasteiger partial charge is 0.383 e. The van der Waals surface area contributed by atoms with E-state index >= 15 is 0 Å². The monoisotopic (exact) mass is 349 g/mol. The zero-order chi connectivity index (χ0) is 18.5. The number of methoxy groups -OCH3 is 1. The average Bonchev–Trinajstić information content (AvgIpc) is 3.08. The minimum Gasteiger partial charge on any atom is -0.383 e. The Bertz CT molecular complexity index is 887. The Balaban J connectivity index is 2.05. The molecule has 2 aromatic carbocycles. The summed E-state index contributed by atoms with van der Waals surface area (Å²) in [6, 6.07) is 17.6. The molecular weight excluding hydrogens is 326 g/mol. The first-order valence-corrected chi connectivity index (χ1v) is 8.61.